The monoisotopic (exact) mass is 328 g/mol. The second kappa shape index (κ2) is 6.67. The third-order valence-corrected chi connectivity index (χ3v) is 3.50. The number of aromatic nitrogens is 1. The van der Waals surface area contributed by atoms with Crippen LogP contribution in [0.25, 0.3) is 22.4 Å². The first-order chi connectivity index (χ1) is 11.6. The van der Waals surface area contributed by atoms with E-state index in [1.165, 1.54) is 0 Å². The van der Waals surface area contributed by atoms with Gasteiger partial charge in [0.05, 0.1) is 0 Å². The number of nitro groups is 1. The zero-order chi connectivity index (χ0) is 17.1. The van der Waals surface area contributed by atoms with E-state index in [4.69, 9.17) is 13.9 Å². The van der Waals surface area contributed by atoms with Crippen molar-refractivity contribution in [1.29, 1.82) is 0 Å². The molecule has 0 bridgehead atoms. The number of furan rings is 1. The van der Waals surface area contributed by atoms with Crippen LogP contribution in [-0.2, 0) is 4.74 Å². The minimum absolute atomic E-state index is 0.173. The van der Waals surface area contributed by atoms with Crippen LogP contribution < -0.4 is 4.74 Å². The van der Waals surface area contributed by atoms with Crippen LogP contribution >= 0.6 is 0 Å². The number of hydrogen-bond donors (Lipinski definition) is 0. The van der Waals surface area contributed by atoms with Crippen molar-refractivity contribution < 1.29 is 18.8 Å². The minimum Gasteiger partial charge on any atom is -0.468 e. The van der Waals surface area contributed by atoms with E-state index < -0.39 is 4.92 Å². The van der Waals surface area contributed by atoms with Crippen molar-refractivity contribution in [3.63, 3.8) is 0 Å². The second-order valence-corrected chi connectivity index (χ2v) is 5.16. The second-order valence-electron chi connectivity index (χ2n) is 5.16. The average molecular weight is 328 g/mol. The molecular weight excluding hydrogens is 312 g/mol. The van der Waals surface area contributed by atoms with Crippen LogP contribution in [0.3, 0.4) is 0 Å². The van der Waals surface area contributed by atoms with Crippen molar-refractivity contribution in [2.45, 2.75) is 13.8 Å². The highest BCUT2D eigenvalue weighted by atomic mass is 16.7. The van der Waals surface area contributed by atoms with Crippen molar-refractivity contribution in [3.05, 3.63) is 52.1 Å². The molecule has 1 aromatic carbocycles. The molecule has 0 aliphatic heterocycles. The molecule has 0 saturated heterocycles. The number of nitrogens with zero attached hydrogens (tertiary/aromatic N) is 2. The summed E-state index contributed by atoms with van der Waals surface area (Å²) in [5, 5.41) is 11.9. The normalized spacial score (nSPS) is 10.9. The Balaban J connectivity index is 1.93. The first-order valence-corrected chi connectivity index (χ1v) is 7.45. The Kier molecular flexibility index (Phi) is 4.43. The van der Waals surface area contributed by atoms with Crippen LogP contribution in [0.1, 0.15) is 12.5 Å². The predicted molar refractivity (Wildman–Crippen MR) is 88.0 cm³/mol. The molecular formula is C17H16N2O5. The Morgan fingerprint density at radius 1 is 1.25 bits per heavy atom. The fourth-order valence-corrected chi connectivity index (χ4v) is 2.27. The first-order valence-electron chi connectivity index (χ1n) is 7.45. The summed E-state index contributed by atoms with van der Waals surface area (Å²) >= 11 is 0. The molecule has 0 amide bonds. The molecule has 0 radical (unpaired) electrons. The van der Waals surface area contributed by atoms with E-state index in [2.05, 4.69) is 4.98 Å². The molecule has 0 unspecified atom stereocenters. The van der Waals surface area contributed by atoms with Crippen LogP contribution in [0.5, 0.6) is 5.75 Å². The lowest BCUT2D eigenvalue weighted by molar-refractivity contribution is -0.390. The van der Waals surface area contributed by atoms with Gasteiger partial charge in [0.2, 0.25) is 5.69 Å². The maximum Gasteiger partial charge on any atom is 0.367 e. The molecule has 3 aromatic rings. The van der Waals surface area contributed by atoms with Gasteiger partial charge in [-0.25, -0.2) is 0 Å². The molecule has 0 atom stereocenters. The Labute approximate surface area is 138 Å². The van der Waals surface area contributed by atoms with Gasteiger partial charge in [0.1, 0.15) is 11.3 Å². The Bertz CT molecular complexity index is 888. The lowest BCUT2D eigenvalue weighted by Crippen LogP contribution is -2.01. The van der Waals surface area contributed by atoms with Gasteiger partial charge in [-0.1, -0.05) is 0 Å². The van der Waals surface area contributed by atoms with E-state index in [1.807, 2.05) is 13.0 Å². The van der Waals surface area contributed by atoms with Gasteiger partial charge in [0.15, 0.2) is 12.6 Å². The summed E-state index contributed by atoms with van der Waals surface area (Å²) in [6.45, 7) is 4.30. The number of rotatable bonds is 6. The average Bonchev–Trinajstić information content (AvgIpc) is 2.98. The van der Waals surface area contributed by atoms with Crippen molar-refractivity contribution >= 4 is 16.8 Å². The zero-order valence-corrected chi connectivity index (χ0v) is 13.3. The Hall–Kier alpha value is -2.93. The fourth-order valence-electron chi connectivity index (χ4n) is 2.27. The summed E-state index contributed by atoms with van der Waals surface area (Å²) < 4.78 is 16.4. The summed E-state index contributed by atoms with van der Waals surface area (Å²) in [5.41, 5.74) is 1.57. The van der Waals surface area contributed by atoms with Crippen LogP contribution in [0.2, 0.25) is 0 Å². The Morgan fingerprint density at radius 3 is 2.83 bits per heavy atom. The molecule has 7 nitrogen and oxygen atoms in total. The number of aryl methyl sites for hydroxylation is 1. The molecule has 124 valence electrons. The molecule has 0 spiro atoms. The van der Waals surface area contributed by atoms with Crippen LogP contribution in [0.4, 0.5) is 5.82 Å². The van der Waals surface area contributed by atoms with Gasteiger partial charge in [-0.05, 0) is 60.2 Å². The topological polar surface area (TPSA) is 87.6 Å². The smallest absolute Gasteiger partial charge is 0.367 e. The molecule has 7 heteroatoms. The number of fused-ring (bicyclic) bond motifs is 1. The Morgan fingerprint density at radius 2 is 2.08 bits per heavy atom. The van der Waals surface area contributed by atoms with Crippen molar-refractivity contribution in [1.82, 2.24) is 4.98 Å². The highest BCUT2D eigenvalue weighted by molar-refractivity contribution is 5.83. The fraction of sp³-hybridized carbons (Fsp3) is 0.235. The lowest BCUT2D eigenvalue weighted by atomic mass is 10.2. The van der Waals surface area contributed by atoms with Crippen molar-refractivity contribution in [2.24, 2.45) is 0 Å². The molecule has 2 heterocycles. The summed E-state index contributed by atoms with van der Waals surface area (Å²) in [6, 6.07) is 10.5. The number of pyridine rings is 1. The lowest BCUT2D eigenvalue weighted by Gasteiger charge is -2.04. The third-order valence-electron chi connectivity index (χ3n) is 3.50. The first kappa shape index (κ1) is 15.9. The van der Waals surface area contributed by atoms with Gasteiger partial charge in [-0.3, -0.25) is 0 Å². The number of hydrogen-bond acceptors (Lipinski definition) is 6. The van der Waals surface area contributed by atoms with E-state index in [-0.39, 0.29) is 12.6 Å². The largest absolute Gasteiger partial charge is 0.468 e. The third kappa shape index (κ3) is 3.21. The summed E-state index contributed by atoms with van der Waals surface area (Å²) in [6.07, 6.45) is 0. The predicted octanol–water partition coefficient (Wildman–Crippen LogP) is 4.08. The quantitative estimate of drug-likeness (QED) is 0.293. The highest BCUT2D eigenvalue weighted by Gasteiger charge is 2.18. The SMILES string of the molecule is CCOCOc1ccc2oc(-c3ccc(C)c([N+](=O)[O-])n3)cc2c1. The van der Waals surface area contributed by atoms with Gasteiger partial charge in [0.25, 0.3) is 0 Å². The molecule has 0 saturated carbocycles. The van der Waals surface area contributed by atoms with Crippen molar-refractivity contribution in [3.8, 4) is 17.2 Å². The maximum atomic E-state index is 11.0. The van der Waals surface area contributed by atoms with E-state index >= 15 is 0 Å². The number of benzene rings is 1. The van der Waals surface area contributed by atoms with Gasteiger partial charge in [0, 0.05) is 17.6 Å². The molecule has 3 rings (SSSR count). The van der Waals surface area contributed by atoms with E-state index in [0.29, 0.717) is 35.0 Å². The highest BCUT2D eigenvalue weighted by Crippen LogP contribution is 2.30. The molecule has 24 heavy (non-hydrogen) atoms. The maximum absolute atomic E-state index is 11.0. The minimum atomic E-state index is -0.499. The standard InChI is InChI=1S/C17H16N2O5/c1-3-22-10-23-13-5-7-15-12(8-13)9-16(24-15)14-6-4-11(2)17(18-14)19(20)21/h4-9H,3,10H2,1-2H3. The van der Waals surface area contributed by atoms with E-state index in [0.717, 1.165) is 5.39 Å². The summed E-state index contributed by atoms with van der Waals surface area (Å²) in [4.78, 5) is 14.6. The molecule has 0 fully saturated rings. The van der Waals surface area contributed by atoms with Gasteiger partial charge in [-0.15, -0.1) is 0 Å². The van der Waals surface area contributed by atoms with E-state index in [9.17, 15) is 10.1 Å². The van der Waals surface area contributed by atoms with Gasteiger partial charge >= 0.3 is 5.82 Å². The van der Waals surface area contributed by atoms with Crippen LogP contribution in [-0.4, -0.2) is 23.3 Å². The van der Waals surface area contributed by atoms with E-state index in [1.54, 1.807) is 37.3 Å². The summed E-state index contributed by atoms with van der Waals surface area (Å²) in [7, 11) is 0. The van der Waals surface area contributed by atoms with Gasteiger partial charge in [-0.2, -0.15) is 0 Å². The van der Waals surface area contributed by atoms with Crippen LogP contribution in [0.15, 0.2) is 40.8 Å². The molecule has 2 aromatic heterocycles. The van der Waals surface area contributed by atoms with Crippen molar-refractivity contribution in [2.75, 3.05) is 13.4 Å². The number of ether oxygens (including phenoxy) is 2. The summed E-state index contributed by atoms with van der Waals surface area (Å²) in [5.74, 6) is 0.954. The van der Waals surface area contributed by atoms with Crippen LogP contribution in [0, 0.1) is 17.0 Å². The molecule has 0 aliphatic carbocycles. The molecule has 0 aliphatic rings. The molecule has 0 N–H and O–H groups in total. The van der Waals surface area contributed by atoms with Gasteiger partial charge < -0.3 is 24.0 Å². The zero-order valence-electron chi connectivity index (χ0n) is 13.3.